The maximum atomic E-state index is 13.5. The molecule has 0 saturated carbocycles. The van der Waals surface area contributed by atoms with E-state index in [2.05, 4.69) is 33.5 Å². The third-order valence-corrected chi connectivity index (χ3v) is 3.72. The third kappa shape index (κ3) is 5.12. The number of amides is 1. The molecule has 20 heavy (non-hydrogen) atoms. The van der Waals surface area contributed by atoms with Gasteiger partial charge in [-0.15, -0.1) is 0 Å². The minimum atomic E-state index is -0.393. The van der Waals surface area contributed by atoms with E-state index in [1.54, 1.807) is 13.0 Å². The van der Waals surface area contributed by atoms with Gasteiger partial charge in [-0.05, 0) is 53.9 Å². The van der Waals surface area contributed by atoms with E-state index in [9.17, 15) is 9.18 Å². The average molecular weight is 345 g/mol. The summed E-state index contributed by atoms with van der Waals surface area (Å²) in [6.07, 6.45) is 3.22. The highest BCUT2D eigenvalue weighted by Crippen LogP contribution is 2.24. The van der Waals surface area contributed by atoms with Crippen molar-refractivity contribution in [2.24, 2.45) is 0 Å². The second-order valence-electron chi connectivity index (χ2n) is 4.95. The molecule has 0 heterocycles. The third-order valence-electron chi connectivity index (χ3n) is 3.11. The Morgan fingerprint density at radius 3 is 2.75 bits per heavy atom. The maximum Gasteiger partial charge on any atom is 0.242 e. The summed E-state index contributed by atoms with van der Waals surface area (Å²) in [5.74, 6) is -0.405. The van der Waals surface area contributed by atoms with Gasteiger partial charge in [0.25, 0.3) is 0 Å². The van der Waals surface area contributed by atoms with Crippen molar-refractivity contribution >= 4 is 27.5 Å². The van der Waals surface area contributed by atoms with Crippen LogP contribution in [0.5, 0.6) is 0 Å². The first-order chi connectivity index (χ1) is 9.45. The van der Waals surface area contributed by atoms with Crippen LogP contribution in [0.15, 0.2) is 16.6 Å². The largest absolute Gasteiger partial charge is 0.374 e. The lowest BCUT2D eigenvalue weighted by atomic mass is 10.1. The van der Waals surface area contributed by atoms with Crippen LogP contribution in [-0.2, 0) is 4.79 Å². The van der Waals surface area contributed by atoms with Crippen molar-refractivity contribution in [1.29, 1.82) is 0 Å². The fourth-order valence-electron chi connectivity index (χ4n) is 1.84. The Morgan fingerprint density at radius 1 is 1.40 bits per heavy atom. The average Bonchev–Trinajstić information content (AvgIpc) is 2.40. The number of hydrogen-bond acceptors (Lipinski definition) is 2. The van der Waals surface area contributed by atoms with Crippen LogP contribution in [0.4, 0.5) is 10.1 Å². The summed E-state index contributed by atoms with van der Waals surface area (Å²) in [6, 6.07) is 2.71. The van der Waals surface area contributed by atoms with Gasteiger partial charge >= 0.3 is 0 Å². The second kappa shape index (κ2) is 8.25. The van der Waals surface area contributed by atoms with E-state index in [0.717, 1.165) is 24.8 Å². The van der Waals surface area contributed by atoms with Gasteiger partial charge < -0.3 is 10.6 Å². The molecule has 0 spiro atoms. The first-order valence-electron chi connectivity index (χ1n) is 6.95. The number of halogens is 2. The van der Waals surface area contributed by atoms with Crippen molar-refractivity contribution in [3.63, 3.8) is 0 Å². The number of benzene rings is 1. The zero-order valence-electron chi connectivity index (χ0n) is 12.2. The van der Waals surface area contributed by atoms with Crippen molar-refractivity contribution in [3.05, 3.63) is 28.0 Å². The number of unbranched alkanes of at least 4 members (excludes halogenated alkanes) is 2. The van der Waals surface area contributed by atoms with Gasteiger partial charge in [-0.25, -0.2) is 4.39 Å². The fourth-order valence-corrected chi connectivity index (χ4v) is 2.30. The quantitative estimate of drug-likeness (QED) is 0.734. The van der Waals surface area contributed by atoms with E-state index < -0.39 is 6.04 Å². The smallest absolute Gasteiger partial charge is 0.242 e. The summed E-state index contributed by atoms with van der Waals surface area (Å²) in [5.41, 5.74) is 1.53. The molecule has 1 atom stereocenters. The highest BCUT2D eigenvalue weighted by molar-refractivity contribution is 9.10. The lowest BCUT2D eigenvalue weighted by molar-refractivity contribution is -0.121. The van der Waals surface area contributed by atoms with Crippen LogP contribution in [0.2, 0.25) is 0 Å². The number of anilines is 1. The van der Waals surface area contributed by atoms with Gasteiger partial charge in [0.2, 0.25) is 5.91 Å². The Morgan fingerprint density at radius 2 is 2.10 bits per heavy atom. The van der Waals surface area contributed by atoms with Gasteiger partial charge in [0, 0.05) is 12.2 Å². The van der Waals surface area contributed by atoms with E-state index in [1.807, 2.05) is 6.92 Å². The second-order valence-corrected chi connectivity index (χ2v) is 5.80. The van der Waals surface area contributed by atoms with Gasteiger partial charge in [0.05, 0.1) is 4.47 Å². The molecule has 0 radical (unpaired) electrons. The number of nitrogens with one attached hydrogen (secondary N) is 2. The predicted molar refractivity (Wildman–Crippen MR) is 84.5 cm³/mol. The van der Waals surface area contributed by atoms with E-state index >= 15 is 0 Å². The Balaban J connectivity index is 2.55. The molecule has 0 bridgehead atoms. The van der Waals surface area contributed by atoms with Crippen molar-refractivity contribution < 1.29 is 9.18 Å². The normalized spacial score (nSPS) is 12.1. The molecular formula is C15H22BrFN2O. The van der Waals surface area contributed by atoms with Crippen molar-refractivity contribution in [3.8, 4) is 0 Å². The van der Waals surface area contributed by atoms with Crippen molar-refractivity contribution in [2.45, 2.75) is 46.1 Å². The first-order valence-corrected chi connectivity index (χ1v) is 7.75. The topological polar surface area (TPSA) is 41.1 Å². The highest BCUT2D eigenvalue weighted by Gasteiger charge is 2.14. The molecule has 1 amide bonds. The molecule has 0 aromatic heterocycles. The van der Waals surface area contributed by atoms with Crippen molar-refractivity contribution in [2.75, 3.05) is 11.9 Å². The van der Waals surface area contributed by atoms with Crippen LogP contribution < -0.4 is 10.6 Å². The zero-order chi connectivity index (χ0) is 15.1. The molecule has 2 N–H and O–H groups in total. The zero-order valence-corrected chi connectivity index (χ0v) is 13.8. The molecule has 1 aromatic rings. The van der Waals surface area contributed by atoms with E-state index in [-0.39, 0.29) is 11.7 Å². The number of carbonyl (C=O) groups excluding carboxylic acids is 1. The lowest BCUT2D eigenvalue weighted by Crippen LogP contribution is -2.38. The van der Waals surface area contributed by atoms with Crippen molar-refractivity contribution in [1.82, 2.24) is 5.32 Å². The maximum absolute atomic E-state index is 13.5. The molecular weight excluding hydrogens is 323 g/mol. The summed E-state index contributed by atoms with van der Waals surface area (Å²) in [4.78, 5) is 11.9. The predicted octanol–water partition coefficient (Wildman–Crippen LogP) is 4.00. The van der Waals surface area contributed by atoms with Crippen LogP contribution in [0.3, 0.4) is 0 Å². The first kappa shape index (κ1) is 17.0. The molecule has 112 valence electrons. The minimum absolute atomic E-state index is 0.0659. The molecule has 0 fully saturated rings. The molecule has 0 aliphatic carbocycles. The molecule has 0 saturated heterocycles. The highest BCUT2D eigenvalue weighted by atomic mass is 79.9. The van der Waals surface area contributed by atoms with Gasteiger partial charge in [0.15, 0.2) is 0 Å². The molecule has 3 nitrogen and oxygen atoms in total. The van der Waals surface area contributed by atoms with E-state index in [1.165, 1.54) is 6.07 Å². The lowest BCUT2D eigenvalue weighted by Gasteiger charge is -2.17. The monoisotopic (exact) mass is 344 g/mol. The van der Waals surface area contributed by atoms with Crippen LogP contribution >= 0.6 is 15.9 Å². The summed E-state index contributed by atoms with van der Waals surface area (Å²) in [7, 11) is 0. The minimum Gasteiger partial charge on any atom is -0.374 e. The Kier molecular flexibility index (Phi) is 6.99. The Hall–Kier alpha value is -1.10. The number of aryl methyl sites for hydroxylation is 1. The Bertz CT molecular complexity index is 465. The molecule has 1 unspecified atom stereocenters. The van der Waals surface area contributed by atoms with E-state index in [0.29, 0.717) is 16.7 Å². The van der Waals surface area contributed by atoms with Gasteiger partial charge in [0.1, 0.15) is 11.9 Å². The summed E-state index contributed by atoms with van der Waals surface area (Å²) in [6.45, 7) is 6.45. The number of rotatable bonds is 7. The van der Waals surface area contributed by atoms with Gasteiger partial charge in [-0.2, -0.15) is 0 Å². The van der Waals surface area contributed by atoms with Crippen LogP contribution in [0.25, 0.3) is 0 Å². The van der Waals surface area contributed by atoms with Crippen LogP contribution in [0, 0.1) is 12.7 Å². The molecule has 5 heteroatoms. The fraction of sp³-hybridized carbons (Fsp3) is 0.533. The Labute approximate surface area is 128 Å². The molecule has 0 aliphatic heterocycles. The van der Waals surface area contributed by atoms with Crippen LogP contribution in [-0.4, -0.2) is 18.5 Å². The van der Waals surface area contributed by atoms with Gasteiger partial charge in [-0.3, -0.25) is 4.79 Å². The standard InChI is InChI=1S/C15H22BrFN2O/c1-4-5-6-7-18-15(20)11(3)19-14-9-13(17)12(16)8-10(14)2/h8-9,11,19H,4-7H2,1-3H3,(H,18,20). The summed E-state index contributed by atoms with van der Waals surface area (Å²) >= 11 is 3.14. The number of hydrogen-bond donors (Lipinski definition) is 2. The van der Waals surface area contributed by atoms with Crippen LogP contribution in [0.1, 0.15) is 38.7 Å². The van der Waals surface area contributed by atoms with Gasteiger partial charge in [-0.1, -0.05) is 19.8 Å². The molecule has 1 rings (SSSR count). The SMILES string of the molecule is CCCCCNC(=O)C(C)Nc1cc(F)c(Br)cc1C. The number of carbonyl (C=O) groups is 1. The molecule has 0 aliphatic rings. The molecule has 1 aromatic carbocycles. The summed E-state index contributed by atoms with van der Waals surface area (Å²) < 4.78 is 13.9. The van der Waals surface area contributed by atoms with E-state index in [4.69, 9.17) is 0 Å². The summed E-state index contributed by atoms with van der Waals surface area (Å²) in [5, 5.41) is 5.92.